The normalized spacial score (nSPS) is 23.8. The van der Waals surface area contributed by atoms with Crippen LogP contribution in [0.4, 0.5) is 5.69 Å². The van der Waals surface area contributed by atoms with Gasteiger partial charge in [-0.25, -0.2) is 0 Å². The van der Waals surface area contributed by atoms with Crippen LogP contribution in [0.15, 0.2) is 29.3 Å². The van der Waals surface area contributed by atoms with Crippen LogP contribution < -0.4 is 10.6 Å². The van der Waals surface area contributed by atoms with Crippen molar-refractivity contribution in [3.63, 3.8) is 0 Å². The number of guanidine groups is 1. The molecule has 5 heteroatoms. The summed E-state index contributed by atoms with van der Waals surface area (Å²) < 4.78 is 0. The minimum Gasteiger partial charge on any atom is -0.352 e. The first-order valence-electron chi connectivity index (χ1n) is 8.98. The lowest BCUT2D eigenvalue weighted by atomic mass is 9.82. The Morgan fingerprint density at radius 2 is 1.96 bits per heavy atom. The third kappa shape index (κ3) is 4.08. The van der Waals surface area contributed by atoms with Crippen LogP contribution in [0, 0.1) is 11.8 Å². The van der Waals surface area contributed by atoms with Crippen molar-refractivity contribution in [2.45, 2.75) is 39.2 Å². The highest BCUT2D eigenvalue weighted by Gasteiger charge is 2.35. The van der Waals surface area contributed by atoms with Crippen LogP contribution in [-0.4, -0.2) is 36.9 Å². The maximum Gasteiger partial charge on any atom is 0.221 e. The molecule has 130 valence electrons. The predicted molar refractivity (Wildman–Crippen MR) is 98.0 cm³/mol. The molecule has 24 heavy (non-hydrogen) atoms. The van der Waals surface area contributed by atoms with Crippen molar-refractivity contribution in [2.24, 2.45) is 16.8 Å². The van der Waals surface area contributed by atoms with Gasteiger partial charge in [-0.1, -0.05) is 25.0 Å². The number of fused-ring (bicyclic) bond motifs is 1. The number of anilines is 1. The highest BCUT2D eigenvalue weighted by atomic mass is 16.1. The topological polar surface area (TPSA) is 56.7 Å². The highest BCUT2D eigenvalue weighted by molar-refractivity contribution is 5.88. The minimum atomic E-state index is -0.0457. The maximum atomic E-state index is 11.2. The van der Waals surface area contributed by atoms with Gasteiger partial charge in [0.05, 0.1) is 0 Å². The fourth-order valence-electron chi connectivity index (χ4n) is 4.05. The lowest BCUT2D eigenvalue weighted by molar-refractivity contribution is -0.114. The summed E-state index contributed by atoms with van der Waals surface area (Å²) in [4.78, 5) is 18.1. The predicted octanol–water partition coefficient (Wildman–Crippen LogP) is 2.84. The molecule has 1 amide bonds. The average Bonchev–Trinajstić information content (AvgIpc) is 2.99. The molecule has 1 saturated carbocycles. The summed E-state index contributed by atoms with van der Waals surface area (Å²) in [5, 5.41) is 6.31. The van der Waals surface area contributed by atoms with Crippen molar-refractivity contribution in [1.82, 2.24) is 10.2 Å². The van der Waals surface area contributed by atoms with E-state index in [2.05, 4.69) is 26.6 Å². The number of rotatable bonds is 3. The number of likely N-dealkylation sites (tertiary alicyclic amines) is 1. The molecule has 0 bridgehead atoms. The van der Waals surface area contributed by atoms with Gasteiger partial charge in [0.1, 0.15) is 0 Å². The first kappa shape index (κ1) is 16.8. The molecule has 3 rings (SSSR count). The van der Waals surface area contributed by atoms with E-state index in [-0.39, 0.29) is 5.91 Å². The Balaban J connectivity index is 1.57. The number of benzene rings is 1. The maximum absolute atomic E-state index is 11.2. The van der Waals surface area contributed by atoms with Crippen molar-refractivity contribution in [2.75, 3.05) is 25.5 Å². The van der Waals surface area contributed by atoms with E-state index in [9.17, 15) is 4.79 Å². The van der Waals surface area contributed by atoms with Gasteiger partial charge in [0.15, 0.2) is 5.96 Å². The summed E-state index contributed by atoms with van der Waals surface area (Å²) in [7, 11) is 1.86. The van der Waals surface area contributed by atoms with E-state index in [1.165, 1.54) is 32.6 Å². The second-order valence-corrected chi connectivity index (χ2v) is 6.99. The summed E-state index contributed by atoms with van der Waals surface area (Å²) in [6.07, 6.45) is 5.52. The molecule has 2 fully saturated rings. The molecule has 0 radical (unpaired) electrons. The standard InChI is InChI=1S/C19H28N4O/c1-14(24)22-18-9-5-6-15(10-18)11-21-19(20-2)23-12-16-7-3-4-8-17(16)13-23/h5-6,9-10,16-17H,3-4,7-8,11-13H2,1-2H3,(H,20,21)(H,22,24). The number of aliphatic imine (C=N–C) groups is 1. The first-order chi connectivity index (χ1) is 11.7. The van der Waals surface area contributed by atoms with Crippen LogP contribution >= 0.6 is 0 Å². The molecule has 1 aromatic carbocycles. The van der Waals surface area contributed by atoms with Crippen LogP contribution in [0.3, 0.4) is 0 Å². The van der Waals surface area contributed by atoms with E-state index >= 15 is 0 Å². The number of carbonyl (C=O) groups is 1. The van der Waals surface area contributed by atoms with Crippen LogP contribution in [0.2, 0.25) is 0 Å². The summed E-state index contributed by atoms with van der Waals surface area (Å²) >= 11 is 0. The molecule has 2 aliphatic rings. The van der Waals surface area contributed by atoms with Gasteiger partial charge < -0.3 is 15.5 Å². The molecule has 1 heterocycles. The fraction of sp³-hybridized carbons (Fsp3) is 0.579. The van der Waals surface area contributed by atoms with Crippen molar-refractivity contribution >= 4 is 17.6 Å². The Bertz CT molecular complexity index is 599. The number of nitrogens with zero attached hydrogens (tertiary/aromatic N) is 2. The second-order valence-electron chi connectivity index (χ2n) is 6.99. The lowest BCUT2D eigenvalue weighted by Crippen LogP contribution is -2.39. The van der Waals surface area contributed by atoms with Gasteiger partial charge >= 0.3 is 0 Å². The number of amides is 1. The molecule has 2 atom stereocenters. The summed E-state index contributed by atoms with van der Waals surface area (Å²) in [5.74, 6) is 2.64. The molecule has 1 aliphatic carbocycles. The van der Waals surface area contributed by atoms with E-state index in [1.807, 2.05) is 25.2 Å². The molecular weight excluding hydrogens is 300 g/mol. The van der Waals surface area contributed by atoms with Crippen LogP contribution in [-0.2, 0) is 11.3 Å². The second kappa shape index (κ2) is 7.69. The zero-order chi connectivity index (χ0) is 16.9. The number of nitrogens with one attached hydrogen (secondary N) is 2. The van der Waals surface area contributed by atoms with Crippen LogP contribution in [0.5, 0.6) is 0 Å². The molecule has 1 aromatic rings. The molecule has 0 spiro atoms. The summed E-state index contributed by atoms with van der Waals surface area (Å²) in [5.41, 5.74) is 1.97. The van der Waals surface area contributed by atoms with Crippen LogP contribution in [0.25, 0.3) is 0 Å². The van der Waals surface area contributed by atoms with E-state index in [0.29, 0.717) is 6.54 Å². The van der Waals surface area contributed by atoms with E-state index in [0.717, 1.165) is 42.1 Å². The number of hydrogen-bond donors (Lipinski definition) is 2. The van der Waals surface area contributed by atoms with Gasteiger partial charge in [-0.15, -0.1) is 0 Å². The quantitative estimate of drug-likeness (QED) is 0.663. The zero-order valence-electron chi connectivity index (χ0n) is 14.7. The van der Waals surface area contributed by atoms with E-state index in [1.54, 1.807) is 0 Å². The third-order valence-corrected chi connectivity index (χ3v) is 5.19. The zero-order valence-corrected chi connectivity index (χ0v) is 14.7. The molecular formula is C19H28N4O. The van der Waals surface area contributed by atoms with Gasteiger partial charge in [-0.3, -0.25) is 9.79 Å². The van der Waals surface area contributed by atoms with Crippen molar-refractivity contribution in [3.8, 4) is 0 Å². The molecule has 1 saturated heterocycles. The summed E-state index contributed by atoms with van der Waals surface area (Å²) in [6, 6.07) is 7.95. The minimum absolute atomic E-state index is 0.0457. The van der Waals surface area contributed by atoms with Crippen molar-refractivity contribution < 1.29 is 4.79 Å². The monoisotopic (exact) mass is 328 g/mol. The fourth-order valence-corrected chi connectivity index (χ4v) is 4.05. The van der Waals surface area contributed by atoms with Crippen molar-refractivity contribution in [3.05, 3.63) is 29.8 Å². The van der Waals surface area contributed by atoms with E-state index < -0.39 is 0 Å². The molecule has 1 aliphatic heterocycles. The average molecular weight is 328 g/mol. The highest BCUT2D eigenvalue weighted by Crippen LogP contribution is 2.35. The van der Waals surface area contributed by atoms with Gasteiger partial charge in [0.25, 0.3) is 0 Å². The summed E-state index contributed by atoms with van der Waals surface area (Å²) in [6.45, 7) is 4.51. The molecule has 0 aromatic heterocycles. The molecule has 5 nitrogen and oxygen atoms in total. The SMILES string of the molecule is CN=C(NCc1cccc(NC(C)=O)c1)N1CC2CCCCC2C1. The Kier molecular flexibility index (Phi) is 5.38. The lowest BCUT2D eigenvalue weighted by Gasteiger charge is -2.22. The van der Waals surface area contributed by atoms with Crippen molar-refractivity contribution in [1.29, 1.82) is 0 Å². The Labute approximate surface area is 144 Å². The van der Waals surface area contributed by atoms with Gasteiger partial charge in [-0.05, 0) is 42.4 Å². The largest absolute Gasteiger partial charge is 0.352 e. The van der Waals surface area contributed by atoms with Gasteiger partial charge in [0.2, 0.25) is 5.91 Å². The Hall–Kier alpha value is -2.04. The Morgan fingerprint density at radius 1 is 1.25 bits per heavy atom. The Morgan fingerprint density at radius 3 is 2.58 bits per heavy atom. The van der Waals surface area contributed by atoms with E-state index in [4.69, 9.17) is 0 Å². The smallest absolute Gasteiger partial charge is 0.221 e. The number of hydrogen-bond acceptors (Lipinski definition) is 2. The first-order valence-corrected chi connectivity index (χ1v) is 8.98. The third-order valence-electron chi connectivity index (χ3n) is 5.19. The van der Waals surface area contributed by atoms with Gasteiger partial charge in [0, 0.05) is 39.3 Å². The van der Waals surface area contributed by atoms with Crippen LogP contribution in [0.1, 0.15) is 38.2 Å². The van der Waals surface area contributed by atoms with Gasteiger partial charge in [-0.2, -0.15) is 0 Å². The molecule has 2 N–H and O–H groups in total. The molecule has 2 unspecified atom stereocenters. The number of carbonyl (C=O) groups excluding carboxylic acids is 1.